The molecular formula is C18H25N3O5. The standard InChI is InChI=1S/C18H25N3O5/c1-12(18(25)26-2)20-17(24)14(11-15(19)22)21-16(23)10-6-9-13-7-4-3-5-8-13/h3-5,7-8,12,14H,6,9-11H2,1-2H3,(H2,19,22)(H,20,24)(H,21,23)/t12-,14+/m0/s1. The number of aryl methyl sites for hydroxylation is 1. The number of carbonyl (C=O) groups excluding carboxylic acids is 4. The molecule has 1 rings (SSSR count). The molecule has 2 atom stereocenters. The Bertz CT molecular complexity index is 633. The second-order valence-corrected chi connectivity index (χ2v) is 5.88. The van der Waals surface area contributed by atoms with Crippen LogP contribution in [0.2, 0.25) is 0 Å². The highest BCUT2D eigenvalue weighted by atomic mass is 16.5. The average molecular weight is 363 g/mol. The van der Waals surface area contributed by atoms with Gasteiger partial charge in [0.25, 0.3) is 0 Å². The first-order valence-electron chi connectivity index (χ1n) is 8.33. The Morgan fingerprint density at radius 3 is 2.35 bits per heavy atom. The lowest BCUT2D eigenvalue weighted by molar-refractivity contribution is -0.144. The van der Waals surface area contributed by atoms with E-state index in [4.69, 9.17) is 5.73 Å². The summed E-state index contributed by atoms with van der Waals surface area (Å²) in [5.74, 6) is -2.41. The molecule has 0 radical (unpaired) electrons. The van der Waals surface area contributed by atoms with Crippen molar-refractivity contribution in [1.82, 2.24) is 10.6 Å². The van der Waals surface area contributed by atoms with E-state index in [0.717, 1.165) is 12.0 Å². The largest absolute Gasteiger partial charge is 0.467 e. The Balaban J connectivity index is 2.54. The number of methoxy groups -OCH3 is 1. The molecule has 0 saturated carbocycles. The highest BCUT2D eigenvalue weighted by molar-refractivity contribution is 5.93. The van der Waals surface area contributed by atoms with Gasteiger partial charge in [0.1, 0.15) is 12.1 Å². The summed E-state index contributed by atoms with van der Waals surface area (Å²) in [6, 6.07) is 7.65. The van der Waals surface area contributed by atoms with Gasteiger partial charge in [-0.3, -0.25) is 14.4 Å². The van der Waals surface area contributed by atoms with Crippen molar-refractivity contribution in [2.24, 2.45) is 5.73 Å². The summed E-state index contributed by atoms with van der Waals surface area (Å²) < 4.78 is 4.52. The van der Waals surface area contributed by atoms with Gasteiger partial charge >= 0.3 is 5.97 Å². The van der Waals surface area contributed by atoms with Crippen molar-refractivity contribution in [2.45, 2.75) is 44.7 Å². The molecule has 142 valence electrons. The van der Waals surface area contributed by atoms with Crippen LogP contribution in [0.25, 0.3) is 0 Å². The lowest BCUT2D eigenvalue weighted by atomic mass is 10.1. The number of hydrogen-bond donors (Lipinski definition) is 3. The summed E-state index contributed by atoms with van der Waals surface area (Å²) in [7, 11) is 1.19. The number of ether oxygens (including phenoxy) is 1. The molecular weight excluding hydrogens is 338 g/mol. The molecule has 4 N–H and O–H groups in total. The maximum atomic E-state index is 12.2. The summed E-state index contributed by atoms with van der Waals surface area (Å²) >= 11 is 0. The van der Waals surface area contributed by atoms with Crippen LogP contribution in [0.4, 0.5) is 0 Å². The number of hydrogen-bond acceptors (Lipinski definition) is 5. The molecule has 0 aromatic heterocycles. The van der Waals surface area contributed by atoms with Crippen molar-refractivity contribution in [3.63, 3.8) is 0 Å². The number of nitrogens with one attached hydrogen (secondary N) is 2. The van der Waals surface area contributed by atoms with Crippen LogP contribution in [0.1, 0.15) is 31.7 Å². The zero-order valence-corrected chi connectivity index (χ0v) is 15.0. The fraction of sp³-hybridized carbons (Fsp3) is 0.444. The number of amides is 3. The van der Waals surface area contributed by atoms with Crippen molar-refractivity contribution in [3.05, 3.63) is 35.9 Å². The molecule has 0 bridgehead atoms. The van der Waals surface area contributed by atoms with Crippen LogP contribution in [0, 0.1) is 0 Å². The van der Waals surface area contributed by atoms with Crippen LogP contribution < -0.4 is 16.4 Å². The van der Waals surface area contributed by atoms with Gasteiger partial charge in [0, 0.05) is 6.42 Å². The third kappa shape index (κ3) is 7.78. The van der Waals surface area contributed by atoms with E-state index in [-0.39, 0.29) is 18.7 Å². The molecule has 26 heavy (non-hydrogen) atoms. The molecule has 0 saturated heterocycles. The third-order valence-corrected chi connectivity index (χ3v) is 3.68. The number of nitrogens with two attached hydrogens (primary N) is 1. The van der Waals surface area contributed by atoms with E-state index in [0.29, 0.717) is 6.42 Å². The fourth-order valence-electron chi connectivity index (χ4n) is 2.32. The van der Waals surface area contributed by atoms with E-state index in [1.54, 1.807) is 0 Å². The first-order valence-corrected chi connectivity index (χ1v) is 8.33. The molecule has 0 heterocycles. The van der Waals surface area contributed by atoms with E-state index in [1.807, 2.05) is 30.3 Å². The SMILES string of the molecule is COC(=O)[C@H](C)NC(=O)[C@@H](CC(N)=O)NC(=O)CCCc1ccccc1. The molecule has 1 aromatic carbocycles. The maximum Gasteiger partial charge on any atom is 0.328 e. The van der Waals surface area contributed by atoms with Gasteiger partial charge in [-0.2, -0.15) is 0 Å². The predicted octanol–water partition coefficient (Wildman–Crippen LogP) is 0.0472. The van der Waals surface area contributed by atoms with Gasteiger partial charge in [-0.15, -0.1) is 0 Å². The highest BCUT2D eigenvalue weighted by Crippen LogP contribution is 2.05. The Hall–Kier alpha value is -2.90. The van der Waals surface area contributed by atoms with Crippen LogP contribution in [-0.2, 0) is 30.3 Å². The summed E-state index contributed by atoms with van der Waals surface area (Å²) in [6.45, 7) is 1.44. The monoisotopic (exact) mass is 363 g/mol. The number of carbonyl (C=O) groups is 4. The zero-order valence-electron chi connectivity index (χ0n) is 15.0. The van der Waals surface area contributed by atoms with Gasteiger partial charge in [0.2, 0.25) is 17.7 Å². The number of benzene rings is 1. The van der Waals surface area contributed by atoms with Gasteiger partial charge in [-0.1, -0.05) is 30.3 Å². The summed E-state index contributed by atoms with van der Waals surface area (Å²) in [5, 5.41) is 4.88. The maximum absolute atomic E-state index is 12.2. The van der Waals surface area contributed by atoms with Gasteiger partial charge in [-0.05, 0) is 25.3 Å². The minimum Gasteiger partial charge on any atom is -0.467 e. The van der Waals surface area contributed by atoms with Crippen molar-refractivity contribution >= 4 is 23.7 Å². The Labute approximate surface area is 152 Å². The minimum atomic E-state index is -1.14. The van der Waals surface area contributed by atoms with Crippen molar-refractivity contribution < 1.29 is 23.9 Å². The Morgan fingerprint density at radius 1 is 1.12 bits per heavy atom. The normalized spacial score (nSPS) is 12.5. The molecule has 1 aromatic rings. The molecule has 8 nitrogen and oxygen atoms in total. The molecule has 0 aliphatic carbocycles. The molecule has 0 spiro atoms. The quantitative estimate of drug-likeness (QED) is 0.506. The van der Waals surface area contributed by atoms with Gasteiger partial charge in [0.15, 0.2) is 0 Å². The van der Waals surface area contributed by atoms with E-state index in [9.17, 15) is 19.2 Å². The van der Waals surface area contributed by atoms with Crippen LogP contribution >= 0.6 is 0 Å². The lowest BCUT2D eigenvalue weighted by Gasteiger charge is -2.19. The fourth-order valence-corrected chi connectivity index (χ4v) is 2.32. The lowest BCUT2D eigenvalue weighted by Crippen LogP contribution is -2.52. The van der Waals surface area contributed by atoms with E-state index < -0.39 is 29.9 Å². The molecule has 8 heteroatoms. The summed E-state index contributed by atoms with van der Waals surface area (Å²) in [6.07, 6.45) is 1.16. The van der Waals surface area contributed by atoms with E-state index >= 15 is 0 Å². The van der Waals surface area contributed by atoms with Crippen molar-refractivity contribution in [2.75, 3.05) is 7.11 Å². The molecule has 0 aliphatic heterocycles. The van der Waals surface area contributed by atoms with Crippen LogP contribution in [-0.4, -0.2) is 42.9 Å². The second kappa shape index (κ2) is 10.9. The van der Waals surface area contributed by atoms with Gasteiger partial charge in [0.05, 0.1) is 13.5 Å². The van der Waals surface area contributed by atoms with Crippen molar-refractivity contribution in [3.8, 4) is 0 Å². The van der Waals surface area contributed by atoms with Gasteiger partial charge in [-0.25, -0.2) is 4.79 Å². The van der Waals surface area contributed by atoms with E-state index in [2.05, 4.69) is 15.4 Å². The first-order chi connectivity index (χ1) is 12.3. The van der Waals surface area contributed by atoms with Crippen LogP contribution in [0.15, 0.2) is 30.3 Å². The Kier molecular flexibility index (Phi) is 8.83. The third-order valence-electron chi connectivity index (χ3n) is 3.68. The molecule has 0 aliphatic rings. The topological polar surface area (TPSA) is 128 Å². The summed E-state index contributed by atoms with van der Waals surface area (Å²) in [4.78, 5) is 46.8. The minimum absolute atomic E-state index is 0.198. The Morgan fingerprint density at radius 2 is 1.77 bits per heavy atom. The molecule has 3 amide bonds. The average Bonchev–Trinajstić information content (AvgIpc) is 2.60. The second-order valence-electron chi connectivity index (χ2n) is 5.88. The van der Waals surface area contributed by atoms with Gasteiger partial charge < -0.3 is 21.1 Å². The van der Waals surface area contributed by atoms with Crippen LogP contribution in [0.5, 0.6) is 0 Å². The van der Waals surface area contributed by atoms with Crippen LogP contribution in [0.3, 0.4) is 0 Å². The smallest absolute Gasteiger partial charge is 0.328 e. The first kappa shape index (κ1) is 21.1. The number of primary amides is 1. The highest BCUT2D eigenvalue weighted by Gasteiger charge is 2.26. The predicted molar refractivity (Wildman–Crippen MR) is 94.7 cm³/mol. The zero-order chi connectivity index (χ0) is 19.5. The van der Waals surface area contributed by atoms with Crippen molar-refractivity contribution in [1.29, 1.82) is 0 Å². The molecule has 0 fully saturated rings. The van der Waals surface area contributed by atoms with E-state index in [1.165, 1.54) is 14.0 Å². The number of rotatable bonds is 10. The molecule has 0 unspecified atom stereocenters. The number of esters is 1. The summed E-state index contributed by atoms with van der Waals surface area (Å²) in [5.41, 5.74) is 6.25.